The van der Waals surface area contributed by atoms with Gasteiger partial charge in [0, 0.05) is 0 Å². The molecular formula is C19H19F3N4O3. The number of para-hydroxylation sites is 1. The average Bonchev–Trinajstić information content (AvgIpc) is 2.68. The first-order valence-corrected chi connectivity index (χ1v) is 8.84. The minimum atomic E-state index is -4.76. The van der Waals surface area contributed by atoms with Crippen LogP contribution in [0.2, 0.25) is 0 Å². The van der Waals surface area contributed by atoms with Crippen molar-refractivity contribution in [3.8, 4) is 5.75 Å². The molecule has 1 atom stereocenters. The number of alkyl halides is 3. The molecule has 0 bridgehead atoms. The summed E-state index contributed by atoms with van der Waals surface area (Å²) in [7, 11) is 0. The lowest BCUT2D eigenvalue weighted by Gasteiger charge is -2.30. The summed E-state index contributed by atoms with van der Waals surface area (Å²) in [6, 6.07) is 11.7. The lowest BCUT2D eigenvalue weighted by Crippen LogP contribution is -2.53. The Morgan fingerprint density at radius 3 is 2.52 bits per heavy atom. The molecule has 7 nitrogen and oxygen atoms in total. The molecule has 0 saturated carbocycles. The molecule has 0 aromatic heterocycles. The molecule has 0 radical (unpaired) electrons. The Balaban J connectivity index is 1.61. The third-order valence-electron chi connectivity index (χ3n) is 4.29. The number of fused-ring (bicyclic) bond motifs is 1. The average molecular weight is 408 g/mol. The van der Waals surface area contributed by atoms with Crippen molar-refractivity contribution < 1.29 is 27.5 Å². The first-order valence-electron chi connectivity index (χ1n) is 8.84. The van der Waals surface area contributed by atoms with Crippen molar-refractivity contribution in [2.24, 2.45) is 0 Å². The quantitative estimate of drug-likeness (QED) is 0.684. The fourth-order valence-electron chi connectivity index (χ4n) is 2.92. The molecule has 0 saturated heterocycles. The number of hydrogen-bond acceptors (Lipinski definition) is 5. The summed E-state index contributed by atoms with van der Waals surface area (Å²) < 4.78 is 40.6. The number of amides is 2. The molecule has 2 aromatic rings. The van der Waals surface area contributed by atoms with Gasteiger partial charge in [-0.1, -0.05) is 31.2 Å². The Morgan fingerprint density at radius 1 is 1.17 bits per heavy atom. The molecule has 3 N–H and O–H groups in total. The van der Waals surface area contributed by atoms with Crippen molar-refractivity contribution in [3.05, 3.63) is 59.7 Å². The molecule has 0 aliphatic carbocycles. The van der Waals surface area contributed by atoms with Crippen molar-refractivity contribution in [1.29, 1.82) is 0 Å². The molecule has 1 aliphatic rings. The van der Waals surface area contributed by atoms with Crippen LogP contribution in [0.5, 0.6) is 5.75 Å². The van der Waals surface area contributed by atoms with E-state index in [0.717, 1.165) is 5.01 Å². The Labute approximate surface area is 164 Å². The van der Waals surface area contributed by atoms with Crippen LogP contribution < -0.4 is 21.0 Å². The van der Waals surface area contributed by atoms with Crippen molar-refractivity contribution in [2.45, 2.75) is 25.7 Å². The fraction of sp³-hybridized carbons (Fsp3) is 0.263. The topological polar surface area (TPSA) is 82.7 Å². The molecule has 2 amide bonds. The second-order valence-corrected chi connectivity index (χ2v) is 6.32. The van der Waals surface area contributed by atoms with E-state index in [1.54, 1.807) is 24.3 Å². The molecule has 1 heterocycles. The summed E-state index contributed by atoms with van der Waals surface area (Å²) in [5.41, 5.74) is 7.18. The molecule has 2 aromatic carbocycles. The first-order chi connectivity index (χ1) is 13.8. The largest absolute Gasteiger partial charge is 0.573 e. The predicted molar refractivity (Wildman–Crippen MR) is 98.5 cm³/mol. The zero-order valence-corrected chi connectivity index (χ0v) is 15.4. The van der Waals surface area contributed by atoms with E-state index in [2.05, 4.69) is 21.0 Å². The van der Waals surface area contributed by atoms with Crippen molar-refractivity contribution in [2.75, 3.05) is 12.0 Å². The van der Waals surface area contributed by atoms with E-state index in [1.165, 1.54) is 24.3 Å². The van der Waals surface area contributed by atoms with E-state index >= 15 is 0 Å². The van der Waals surface area contributed by atoms with Gasteiger partial charge in [-0.05, 0) is 36.2 Å². The Hall–Kier alpha value is -3.27. The molecule has 1 aliphatic heterocycles. The maximum Gasteiger partial charge on any atom is 0.573 e. The van der Waals surface area contributed by atoms with Gasteiger partial charge in [0.1, 0.15) is 12.3 Å². The lowest BCUT2D eigenvalue weighted by atomic mass is 10.0. The fourth-order valence-corrected chi connectivity index (χ4v) is 2.92. The highest BCUT2D eigenvalue weighted by Crippen LogP contribution is 2.25. The van der Waals surface area contributed by atoms with E-state index in [1.807, 2.05) is 6.92 Å². The summed E-state index contributed by atoms with van der Waals surface area (Å²) >= 11 is 0. The molecule has 3 rings (SSSR count). The standard InChI is InChI=1S/C19H19F3N4O3/c1-2-15(12-7-9-13(10-8-12)29-19(20,21)22)23-17(27)11-26-18(28)14-5-3-4-6-16(14)24-25-26/h3-10,15,24-25H,2,11H2,1H3,(H,23,27)/t15-/m0/s1. The Bertz CT molecular complexity index is 887. The number of halogens is 3. The van der Waals surface area contributed by atoms with Crippen LogP contribution in [0.4, 0.5) is 18.9 Å². The van der Waals surface area contributed by atoms with Crippen molar-refractivity contribution in [1.82, 2.24) is 15.9 Å². The third kappa shape index (κ3) is 5.17. The van der Waals surface area contributed by atoms with Crippen LogP contribution >= 0.6 is 0 Å². The highest BCUT2D eigenvalue weighted by Gasteiger charge is 2.31. The van der Waals surface area contributed by atoms with E-state index in [9.17, 15) is 22.8 Å². The summed E-state index contributed by atoms with van der Waals surface area (Å²) in [6.07, 6.45) is -4.26. The Kier molecular flexibility index (Phi) is 5.92. The Morgan fingerprint density at radius 2 is 1.86 bits per heavy atom. The van der Waals surface area contributed by atoms with E-state index in [-0.39, 0.29) is 18.2 Å². The maximum atomic E-state index is 12.5. The molecular weight excluding hydrogens is 389 g/mol. The van der Waals surface area contributed by atoms with Gasteiger partial charge in [0.15, 0.2) is 0 Å². The van der Waals surface area contributed by atoms with Crippen LogP contribution in [0.25, 0.3) is 0 Å². The molecule has 0 fully saturated rings. The number of hydrazine groups is 2. The van der Waals surface area contributed by atoms with Crippen molar-refractivity contribution in [3.63, 3.8) is 0 Å². The van der Waals surface area contributed by atoms with Gasteiger partial charge < -0.3 is 15.5 Å². The normalized spacial score (nSPS) is 14.6. The second-order valence-electron chi connectivity index (χ2n) is 6.32. The molecule has 10 heteroatoms. The second kappa shape index (κ2) is 8.39. The van der Waals surface area contributed by atoms with Gasteiger partial charge in [0.25, 0.3) is 5.91 Å². The van der Waals surface area contributed by atoms with Gasteiger partial charge in [-0.2, -0.15) is 0 Å². The minimum absolute atomic E-state index is 0.244. The summed E-state index contributed by atoms with van der Waals surface area (Å²) in [6.45, 7) is 1.58. The van der Waals surface area contributed by atoms with Crippen LogP contribution in [0, 0.1) is 0 Å². The first kappa shape index (κ1) is 20.5. The van der Waals surface area contributed by atoms with Crippen LogP contribution in [-0.2, 0) is 4.79 Å². The number of nitrogens with one attached hydrogen (secondary N) is 3. The molecule has 0 spiro atoms. The number of ether oxygens (including phenoxy) is 1. The lowest BCUT2D eigenvalue weighted by molar-refractivity contribution is -0.274. The van der Waals surface area contributed by atoms with Crippen LogP contribution in [0.3, 0.4) is 0 Å². The summed E-state index contributed by atoms with van der Waals surface area (Å²) in [5, 5.41) is 3.92. The van der Waals surface area contributed by atoms with Gasteiger partial charge in [0.05, 0.1) is 17.3 Å². The van der Waals surface area contributed by atoms with Crippen LogP contribution in [-0.4, -0.2) is 29.7 Å². The van der Waals surface area contributed by atoms with E-state index in [4.69, 9.17) is 0 Å². The highest BCUT2D eigenvalue weighted by atomic mass is 19.4. The van der Waals surface area contributed by atoms with Gasteiger partial charge in [0.2, 0.25) is 5.91 Å². The highest BCUT2D eigenvalue weighted by molar-refractivity contribution is 6.02. The van der Waals surface area contributed by atoms with Gasteiger partial charge >= 0.3 is 6.36 Å². The number of carbonyl (C=O) groups is 2. The number of benzene rings is 2. The third-order valence-corrected chi connectivity index (χ3v) is 4.29. The molecule has 154 valence electrons. The van der Waals surface area contributed by atoms with Crippen LogP contribution in [0.15, 0.2) is 48.5 Å². The number of rotatable bonds is 6. The predicted octanol–water partition coefficient (Wildman–Crippen LogP) is 3.14. The monoisotopic (exact) mass is 408 g/mol. The van der Waals surface area contributed by atoms with Gasteiger partial charge in [-0.3, -0.25) is 9.59 Å². The zero-order chi connectivity index (χ0) is 21.0. The number of anilines is 1. The summed E-state index contributed by atoms with van der Waals surface area (Å²) in [5.74, 6) is -1.11. The van der Waals surface area contributed by atoms with Crippen LogP contribution in [0.1, 0.15) is 35.3 Å². The minimum Gasteiger partial charge on any atom is -0.406 e. The van der Waals surface area contributed by atoms with Gasteiger partial charge in [-0.15, -0.1) is 18.7 Å². The van der Waals surface area contributed by atoms with Crippen molar-refractivity contribution >= 4 is 17.5 Å². The summed E-state index contributed by atoms with van der Waals surface area (Å²) in [4.78, 5) is 24.9. The molecule has 29 heavy (non-hydrogen) atoms. The number of hydrogen-bond donors (Lipinski definition) is 3. The maximum absolute atomic E-state index is 12.5. The molecule has 0 unspecified atom stereocenters. The smallest absolute Gasteiger partial charge is 0.406 e. The van der Waals surface area contributed by atoms with E-state index < -0.39 is 18.3 Å². The number of nitrogens with zero attached hydrogens (tertiary/aromatic N) is 1. The zero-order valence-electron chi connectivity index (χ0n) is 15.4. The van der Waals surface area contributed by atoms with Gasteiger partial charge in [-0.25, -0.2) is 5.01 Å². The number of carbonyl (C=O) groups excluding carboxylic acids is 2. The van der Waals surface area contributed by atoms with E-state index in [0.29, 0.717) is 23.2 Å². The SMILES string of the molecule is CC[C@H](NC(=O)CN1NNc2ccccc2C1=O)c1ccc(OC(F)(F)F)cc1.